The molecule has 1 nitrogen and oxygen atoms in total. The molecule has 3 aromatic carbocycles. The molecule has 0 bridgehead atoms. The number of rotatable bonds is 0. The van der Waals surface area contributed by atoms with E-state index in [0.29, 0.717) is 0 Å². The Labute approximate surface area is 176 Å². The van der Waals surface area contributed by atoms with Crippen LogP contribution < -0.4 is 0 Å². The minimum Gasteiger partial charge on any atom is -0.347 e. The first kappa shape index (κ1) is 18.2. The fraction of sp³-hybridized carbons (Fsp3) is 0.185. The normalized spacial score (nSPS) is 13.4. The van der Waals surface area contributed by atoms with Crippen molar-refractivity contribution in [3.05, 3.63) is 99.4 Å². The topological polar surface area (TPSA) is 4.93 Å². The van der Waals surface area contributed by atoms with Crippen LogP contribution in [-0.4, -0.2) is 14.8 Å². The zero-order chi connectivity index (χ0) is 20.1. The van der Waals surface area contributed by atoms with E-state index in [2.05, 4.69) is 102 Å². The first-order valence-corrected chi connectivity index (χ1v) is 10.7. The number of fused-ring (bicyclic) bond motifs is 6. The van der Waals surface area contributed by atoms with Gasteiger partial charge in [0.15, 0.2) is 0 Å². The number of hydrogen-bond donors (Lipinski definition) is 0. The van der Waals surface area contributed by atoms with Gasteiger partial charge >= 0.3 is 0 Å². The summed E-state index contributed by atoms with van der Waals surface area (Å²) in [5.74, 6) is 0. The summed E-state index contributed by atoms with van der Waals surface area (Å²) in [7, 11) is 5.72. The summed E-state index contributed by atoms with van der Waals surface area (Å²) in [5.41, 5.74) is 12.8. The minimum atomic E-state index is 1.06. The molecule has 0 spiro atoms. The molecule has 0 N–H and O–H groups in total. The van der Waals surface area contributed by atoms with E-state index in [0.717, 1.165) is 12.8 Å². The number of nitrogens with zero attached hydrogens (tertiary/aromatic N) is 1. The molecule has 2 aliphatic rings. The molecule has 4 aromatic rings. The molecule has 3 radical (unpaired) electrons. The standard InChI is InChI=1S/C18H17N.C9H7Si/c1-11-12(2)19(3)18-14(11)8-9-16-15-7-5-4-6-13(15)10-17(16)18;10-9-5-7-3-1-2-4-8(7)6-9/h4-9H,10H2,1-3H3;1-5H,6H2. The molecule has 29 heavy (non-hydrogen) atoms. The fourth-order valence-electron chi connectivity index (χ4n) is 4.78. The van der Waals surface area contributed by atoms with Gasteiger partial charge in [-0.2, -0.15) is 0 Å². The highest BCUT2D eigenvalue weighted by Crippen LogP contribution is 2.41. The number of benzene rings is 3. The number of hydrogen-bond acceptors (Lipinski definition) is 0. The third-order valence-corrected chi connectivity index (χ3v) is 6.83. The van der Waals surface area contributed by atoms with Crippen LogP contribution in [0.15, 0.2) is 65.9 Å². The van der Waals surface area contributed by atoms with Crippen LogP contribution in [0.1, 0.15) is 33.5 Å². The van der Waals surface area contributed by atoms with Crippen LogP contribution in [0.4, 0.5) is 0 Å². The monoisotopic (exact) mass is 390 g/mol. The van der Waals surface area contributed by atoms with Crippen molar-refractivity contribution in [2.45, 2.75) is 26.7 Å². The summed E-state index contributed by atoms with van der Waals surface area (Å²) >= 11 is 0. The lowest BCUT2D eigenvalue weighted by molar-refractivity contribution is 0.905. The summed E-state index contributed by atoms with van der Waals surface area (Å²) < 4.78 is 2.36. The van der Waals surface area contributed by atoms with E-state index in [1.54, 1.807) is 0 Å². The van der Waals surface area contributed by atoms with E-state index in [9.17, 15) is 0 Å². The molecule has 0 saturated carbocycles. The highest BCUT2D eigenvalue weighted by atomic mass is 28.1. The highest BCUT2D eigenvalue weighted by molar-refractivity contribution is 6.24. The number of aryl methyl sites for hydroxylation is 2. The summed E-state index contributed by atoms with van der Waals surface area (Å²) in [6.07, 6.45) is 4.30. The van der Waals surface area contributed by atoms with E-state index in [1.807, 2.05) is 0 Å². The van der Waals surface area contributed by atoms with Gasteiger partial charge in [-0.15, -0.1) is 0 Å². The van der Waals surface area contributed by atoms with Gasteiger partial charge in [-0.05, 0) is 59.2 Å². The Bertz CT molecular complexity index is 1290. The van der Waals surface area contributed by atoms with Crippen molar-refractivity contribution < 1.29 is 0 Å². The molecule has 0 fully saturated rings. The number of allylic oxidation sites excluding steroid dienone is 1. The largest absolute Gasteiger partial charge is 0.347 e. The number of aromatic nitrogens is 1. The van der Waals surface area contributed by atoms with E-state index < -0.39 is 0 Å². The second-order valence-corrected chi connectivity index (χ2v) is 8.78. The Balaban J connectivity index is 0.000000153. The van der Waals surface area contributed by atoms with Crippen molar-refractivity contribution in [1.82, 2.24) is 4.57 Å². The summed E-state index contributed by atoms with van der Waals surface area (Å²) in [6, 6.07) is 21.8. The quantitative estimate of drug-likeness (QED) is 0.281. The smallest absolute Gasteiger partial charge is 0.0655 e. The van der Waals surface area contributed by atoms with Crippen LogP contribution in [0.5, 0.6) is 0 Å². The Morgan fingerprint density at radius 3 is 2.31 bits per heavy atom. The predicted molar refractivity (Wildman–Crippen MR) is 125 cm³/mol. The Morgan fingerprint density at radius 2 is 1.52 bits per heavy atom. The minimum absolute atomic E-state index is 1.06. The predicted octanol–water partition coefficient (Wildman–Crippen LogP) is 6.12. The van der Waals surface area contributed by atoms with Crippen molar-refractivity contribution in [2.75, 3.05) is 0 Å². The van der Waals surface area contributed by atoms with Crippen LogP contribution in [-0.2, 0) is 19.9 Å². The molecule has 141 valence electrons. The molecular formula is C27H24NSi. The van der Waals surface area contributed by atoms with Gasteiger partial charge in [0.2, 0.25) is 0 Å². The average Bonchev–Trinajstić information content (AvgIpc) is 3.36. The molecule has 0 atom stereocenters. The molecule has 2 heteroatoms. The third kappa shape index (κ3) is 2.90. The van der Waals surface area contributed by atoms with Crippen LogP contribution in [0, 0.1) is 13.8 Å². The summed E-state index contributed by atoms with van der Waals surface area (Å²) in [5, 5.41) is 2.69. The molecule has 6 rings (SSSR count). The third-order valence-electron chi connectivity index (χ3n) is 6.51. The molecule has 0 unspecified atom stereocenters. The fourth-order valence-corrected chi connectivity index (χ4v) is 5.12. The Kier molecular flexibility index (Phi) is 4.33. The van der Waals surface area contributed by atoms with Gasteiger partial charge < -0.3 is 4.57 Å². The molecule has 0 amide bonds. The molecule has 1 heterocycles. The van der Waals surface area contributed by atoms with Crippen LogP contribution in [0.25, 0.3) is 28.1 Å². The van der Waals surface area contributed by atoms with E-state index in [-0.39, 0.29) is 0 Å². The molecule has 0 aliphatic heterocycles. The van der Waals surface area contributed by atoms with Crippen LogP contribution in [0.3, 0.4) is 0 Å². The Hall–Kier alpha value is -2.84. The maximum Gasteiger partial charge on any atom is 0.0655 e. The SMILES string of the molecule is Cc1c(C)n(C)c2c3c(ccc12)-c1ccccc1C3.[Si]C1=Cc2ccccc2C1. The van der Waals surface area contributed by atoms with Crippen LogP contribution >= 0.6 is 0 Å². The van der Waals surface area contributed by atoms with Gasteiger partial charge in [-0.1, -0.05) is 71.9 Å². The molecule has 2 aliphatic carbocycles. The van der Waals surface area contributed by atoms with Gasteiger partial charge in [0.1, 0.15) is 0 Å². The lowest BCUT2D eigenvalue weighted by Gasteiger charge is -2.05. The summed E-state index contributed by atoms with van der Waals surface area (Å²) in [4.78, 5) is 0. The molecule has 1 aromatic heterocycles. The van der Waals surface area contributed by atoms with Crippen molar-refractivity contribution in [3.8, 4) is 11.1 Å². The highest BCUT2D eigenvalue weighted by Gasteiger charge is 2.22. The lowest BCUT2D eigenvalue weighted by Crippen LogP contribution is -1.94. The maximum absolute atomic E-state index is 3.53. The van der Waals surface area contributed by atoms with Gasteiger partial charge in [0, 0.05) is 24.5 Å². The molecular weight excluding hydrogens is 366 g/mol. The summed E-state index contributed by atoms with van der Waals surface area (Å²) in [6.45, 7) is 4.44. The van der Waals surface area contributed by atoms with Gasteiger partial charge in [0.25, 0.3) is 0 Å². The van der Waals surface area contributed by atoms with E-state index >= 15 is 0 Å². The van der Waals surface area contributed by atoms with Gasteiger partial charge in [0.05, 0.1) is 15.8 Å². The maximum atomic E-state index is 3.53. The van der Waals surface area contributed by atoms with Crippen molar-refractivity contribution in [1.29, 1.82) is 0 Å². The second kappa shape index (κ2) is 6.89. The molecule has 0 saturated heterocycles. The van der Waals surface area contributed by atoms with Gasteiger partial charge in [-0.25, -0.2) is 0 Å². The van der Waals surface area contributed by atoms with Crippen LogP contribution in [0.2, 0.25) is 0 Å². The lowest BCUT2D eigenvalue weighted by atomic mass is 10.0. The second-order valence-electron chi connectivity index (χ2n) is 8.14. The van der Waals surface area contributed by atoms with E-state index in [4.69, 9.17) is 0 Å². The zero-order valence-electron chi connectivity index (χ0n) is 17.2. The van der Waals surface area contributed by atoms with Crippen molar-refractivity contribution in [2.24, 2.45) is 7.05 Å². The first-order valence-electron chi connectivity index (χ1n) is 10.2. The Morgan fingerprint density at radius 1 is 0.793 bits per heavy atom. The average molecular weight is 391 g/mol. The van der Waals surface area contributed by atoms with Crippen molar-refractivity contribution >= 4 is 27.2 Å². The van der Waals surface area contributed by atoms with Crippen molar-refractivity contribution in [3.63, 3.8) is 0 Å². The zero-order valence-corrected chi connectivity index (χ0v) is 18.2. The first-order chi connectivity index (χ1) is 14.0. The van der Waals surface area contributed by atoms with E-state index in [1.165, 1.54) is 60.7 Å². The van der Waals surface area contributed by atoms with Gasteiger partial charge in [-0.3, -0.25) is 0 Å².